The van der Waals surface area contributed by atoms with Crippen LogP contribution >= 0.6 is 11.8 Å². The summed E-state index contributed by atoms with van der Waals surface area (Å²) in [5, 5.41) is 12.1. The number of thioether (sulfide) groups is 1. The van der Waals surface area contributed by atoms with Crippen molar-refractivity contribution in [2.45, 2.75) is 17.7 Å². The molecule has 0 bridgehead atoms. The SMILES string of the molecule is CC(=O)c1ccc(O)c(CSc2cc3ccccc3[nH]2)c1. The Morgan fingerprint density at radius 3 is 2.76 bits per heavy atom. The Morgan fingerprint density at radius 2 is 2.00 bits per heavy atom. The molecule has 2 N–H and O–H groups in total. The molecule has 21 heavy (non-hydrogen) atoms. The average Bonchev–Trinajstić information content (AvgIpc) is 2.89. The predicted molar refractivity (Wildman–Crippen MR) is 86.0 cm³/mol. The van der Waals surface area contributed by atoms with Crippen molar-refractivity contribution in [1.29, 1.82) is 0 Å². The van der Waals surface area contributed by atoms with Crippen LogP contribution in [0.3, 0.4) is 0 Å². The first-order valence-corrected chi connectivity index (χ1v) is 7.65. The van der Waals surface area contributed by atoms with Crippen molar-refractivity contribution in [1.82, 2.24) is 4.98 Å². The van der Waals surface area contributed by atoms with E-state index in [1.54, 1.807) is 30.0 Å². The fourth-order valence-corrected chi connectivity index (χ4v) is 3.13. The lowest BCUT2D eigenvalue weighted by Gasteiger charge is -2.05. The Labute approximate surface area is 127 Å². The molecular formula is C17H15NO2S. The number of hydrogen-bond donors (Lipinski definition) is 2. The number of rotatable bonds is 4. The highest BCUT2D eigenvalue weighted by atomic mass is 32.2. The highest BCUT2D eigenvalue weighted by Gasteiger charge is 2.08. The van der Waals surface area contributed by atoms with Crippen LogP contribution in [-0.2, 0) is 5.75 Å². The molecule has 106 valence electrons. The van der Waals surface area contributed by atoms with Crippen molar-refractivity contribution < 1.29 is 9.90 Å². The van der Waals surface area contributed by atoms with Crippen LogP contribution in [0.4, 0.5) is 0 Å². The van der Waals surface area contributed by atoms with E-state index in [2.05, 4.69) is 17.1 Å². The molecule has 1 aromatic heterocycles. The molecule has 0 aliphatic carbocycles. The van der Waals surface area contributed by atoms with Crippen molar-refractivity contribution in [3.63, 3.8) is 0 Å². The lowest BCUT2D eigenvalue weighted by molar-refractivity contribution is 0.101. The Bertz CT molecular complexity index is 774. The number of benzene rings is 2. The summed E-state index contributed by atoms with van der Waals surface area (Å²) in [5.74, 6) is 0.843. The number of carbonyl (C=O) groups excluding carboxylic acids is 1. The van der Waals surface area contributed by atoms with Gasteiger partial charge in [-0.25, -0.2) is 0 Å². The van der Waals surface area contributed by atoms with Gasteiger partial charge in [-0.05, 0) is 37.3 Å². The zero-order chi connectivity index (χ0) is 14.8. The average molecular weight is 297 g/mol. The van der Waals surface area contributed by atoms with E-state index in [1.165, 1.54) is 12.3 Å². The Kier molecular flexibility index (Phi) is 3.71. The fraction of sp³-hybridized carbons (Fsp3) is 0.118. The third-order valence-corrected chi connectivity index (χ3v) is 4.36. The summed E-state index contributed by atoms with van der Waals surface area (Å²) in [4.78, 5) is 14.7. The molecule has 0 fully saturated rings. The smallest absolute Gasteiger partial charge is 0.159 e. The number of ketones is 1. The summed E-state index contributed by atoms with van der Waals surface area (Å²) in [6.45, 7) is 1.53. The first-order chi connectivity index (χ1) is 10.1. The Morgan fingerprint density at radius 1 is 1.19 bits per heavy atom. The number of aromatic nitrogens is 1. The number of phenolic OH excluding ortho intramolecular Hbond substituents is 1. The topological polar surface area (TPSA) is 53.1 Å². The molecule has 3 rings (SSSR count). The first-order valence-electron chi connectivity index (χ1n) is 6.67. The number of para-hydroxylation sites is 1. The first kappa shape index (κ1) is 13.8. The van der Waals surface area contributed by atoms with Gasteiger partial charge in [0.2, 0.25) is 0 Å². The normalized spacial score (nSPS) is 10.9. The van der Waals surface area contributed by atoms with E-state index >= 15 is 0 Å². The molecule has 3 nitrogen and oxygen atoms in total. The Hall–Kier alpha value is -2.20. The summed E-state index contributed by atoms with van der Waals surface area (Å²) in [5.41, 5.74) is 2.49. The van der Waals surface area contributed by atoms with Crippen molar-refractivity contribution in [3.05, 3.63) is 59.7 Å². The van der Waals surface area contributed by atoms with Crippen molar-refractivity contribution in [3.8, 4) is 5.75 Å². The number of nitrogens with one attached hydrogen (secondary N) is 1. The molecular weight excluding hydrogens is 282 g/mol. The minimum Gasteiger partial charge on any atom is -0.508 e. The Balaban J connectivity index is 1.80. The highest BCUT2D eigenvalue weighted by molar-refractivity contribution is 7.98. The number of Topliss-reactive ketones (excluding diaryl/α,β-unsaturated/α-hetero) is 1. The van der Waals surface area contributed by atoms with Crippen molar-refractivity contribution >= 4 is 28.4 Å². The summed E-state index contributed by atoms with van der Waals surface area (Å²) < 4.78 is 0. The number of phenols is 1. The summed E-state index contributed by atoms with van der Waals surface area (Å²) in [7, 11) is 0. The van der Waals surface area contributed by atoms with Crippen LogP contribution in [-0.4, -0.2) is 15.9 Å². The van der Waals surface area contributed by atoms with Gasteiger partial charge in [-0.3, -0.25) is 4.79 Å². The molecule has 0 saturated heterocycles. The quantitative estimate of drug-likeness (QED) is 0.555. The summed E-state index contributed by atoms with van der Waals surface area (Å²) >= 11 is 1.61. The number of hydrogen-bond acceptors (Lipinski definition) is 3. The third kappa shape index (κ3) is 2.95. The molecule has 4 heteroatoms. The fourth-order valence-electron chi connectivity index (χ4n) is 2.20. The van der Waals surface area contributed by atoms with Gasteiger partial charge in [0.25, 0.3) is 0 Å². The molecule has 1 heterocycles. The van der Waals surface area contributed by atoms with Crippen LogP contribution in [0.25, 0.3) is 10.9 Å². The second-order valence-electron chi connectivity index (χ2n) is 4.91. The van der Waals surface area contributed by atoms with E-state index in [-0.39, 0.29) is 11.5 Å². The van der Waals surface area contributed by atoms with E-state index in [9.17, 15) is 9.90 Å². The summed E-state index contributed by atoms with van der Waals surface area (Å²) in [6, 6.07) is 15.2. The van der Waals surface area contributed by atoms with E-state index in [4.69, 9.17) is 0 Å². The highest BCUT2D eigenvalue weighted by Crippen LogP contribution is 2.29. The molecule has 0 aliphatic heterocycles. The molecule has 0 radical (unpaired) electrons. The van der Waals surface area contributed by atoms with Gasteiger partial charge < -0.3 is 10.1 Å². The lowest BCUT2D eigenvalue weighted by Crippen LogP contribution is -1.93. The van der Waals surface area contributed by atoms with Gasteiger partial charge in [-0.1, -0.05) is 18.2 Å². The van der Waals surface area contributed by atoms with Crippen LogP contribution in [0.2, 0.25) is 0 Å². The molecule has 0 aliphatic rings. The second kappa shape index (κ2) is 5.66. The molecule has 0 unspecified atom stereocenters. The van der Waals surface area contributed by atoms with Gasteiger partial charge in [-0.2, -0.15) is 0 Å². The zero-order valence-corrected chi connectivity index (χ0v) is 12.4. The third-order valence-electron chi connectivity index (χ3n) is 3.37. The number of carbonyl (C=O) groups is 1. The van der Waals surface area contributed by atoms with Gasteiger partial charge in [0, 0.05) is 27.8 Å². The monoisotopic (exact) mass is 297 g/mol. The minimum absolute atomic E-state index is 0.00635. The molecule has 2 aromatic carbocycles. The van der Waals surface area contributed by atoms with Crippen molar-refractivity contribution in [2.75, 3.05) is 0 Å². The lowest BCUT2D eigenvalue weighted by atomic mass is 10.1. The standard InChI is InChI=1S/C17H15NO2S/c1-11(19)12-6-7-16(20)14(8-12)10-21-17-9-13-4-2-3-5-15(13)18-17/h2-9,18,20H,10H2,1H3. The van der Waals surface area contributed by atoms with Gasteiger partial charge in [0.05, 0.1) is 5.03 Å². The molecule has 3 aromatic rings. The van der Waals surface area contributed by atoms with Gasteiger partial charge in [0.1, 0.15) is 5.75 Å². The number of aromatic amines is 1. The van der Waals surface area contributed by atoms with E-state index < -0.39 is 0 Å². The summed E-state index contributed by atoms with van der Waals surface area (Å²) in [6.07, 6.45) is 0. The number of fused-ring (bicyclic) bond motifs is 1. The van der Waals surface area contributed by atoms with Crippen LogP contribution in [0.5, 0.6) is 5.75 Å². The van der Waals surface area contributed by atoms with Crippen LogP contribution in [0.15, 0.2) is 53.6 Å². The predicted octanol–water partition coefficient (Wildman–Crippen LogP) is 4.37. The molecule has 0 amide bonds. The van der Waals surface area contributed by atoms with Crippen LogP contribution < -0.4 is 0 Å². The number of aromatic hydroxyl groups is 1. The molecule has 0 spiro atoms. The van der Waals surface area contributed by atoms with Gasteiger partial charge in [-0.15, -0.1) is 11.8 Å². The van der Waals surface area contributed by atoms with Crippen LogP contribution in [0.1, 0.15) is 22.8 Å². The number of H-pyrrole nitrogens is 1. The zero-order valence-electron chi connectivity index (χ0n) is 11.6. The molecule has 0 atom stereocenters. The maximum absolute atomic E-state index is 11.4. The maximum Gasteiger partial charge on any atom is 0.159 e. The van der Waals surface area contributed by atoms with Gasteiger partial charge >= 0.3 is 0 Å². The van der Waals surface area contributed by atoms with E-state index in [1.807, 2.05) is 18.2 Å². The minimum atomic E-state index is 0.00635. The largest absolute Gasteiger partial charge is 0.508 e. The molecule has 0 saturated carbocycles. The van der Waals surface area contributed by atoms with Gasteiger partial charge in [0.15, 0.2) is 5.78 Å². The van der Waals surface area contributed by atoms with E-state index in [0.29, 0.717) is 11.3 Å². The second-order valence-corrected chi connectivity index (χ2v) is 5.93. The maximum atomic E-state index is 11.4. The van der Waals surface area contributed by atoms with Crippen molar-refractivity contribution in [2.24, 2.45) is 0 Å². The van der Waals surface area contributed by atoms with E-state index in [0.717, 1.165) is 16.1 Å². The van der Waals surface area contributed by atoms with Crippen LogP contribution in [0, 0.1) is 0 Å².